The maximum Gasteiger partial charge on any atom is 0.337 e. The molecule has 0 radical (unpaired) electrons. The van der Waals surface area contributed by atoms with Crippen LogP contribution in [0.2, 0.25) is 5.02 Å². The van der Waals surface area contributed by atoms with Gasteiger partial charge in [-0.15, -0.1) is 0 Å². The second-order valence-electron chi connectivity index (χ2n) is 6.92. The van der Waals surface area contributed by atoms with E-state index < -0.39 is 5.97 Å². The summed E-state index contributed by atoms with van der Waals surface area (Å²) in [7, 11) is 3.33. The van der Waals surface area contributed by atoms with Gasteiger partial charge in [0.15, 0.2) is 0 Å². The lowest BCUT2D eigenvalue weighted by atomic mass is 9.96. The van der Waals surface area contributed by atoms with Gasteiger partial charge in [-0.1, -0.05) is 17.7 Å². The molecule has 6 heteroatoms. The van der Waals surface area contributed by atoms with E-state index in [1.165, 1.54) is 6.07 Å². The summed E-state index contributed by atoms with van der Waals surface area (Å²) < 4.78 is 10.4. The van der Waals surface area contributed by atoms with Gasteiger partial charge < -0.3 is 14.6 Å². The van der Waals surface area contributed by atoms with Crippen LogP contribution >= 0.6 is 11.6 Å². The van der Waals surface area contributed by atoms with E-state index in [1.54, 1.807) is 26.4 Å². The van der Waals surface area contributed by atoms with Gasteiger partial charge in [-0.2, -0.15) is 0 Å². The Bertz CT molecular complexity index is 1020. The molecule has 0 atom stereocenters. The van der Waals surface area contributed by atoms with Gasteiger partial charge in [0.05, 0.1) is 23.4 Å². The monoisotopic (exact) mass is 425 g/mol. The molecule has 0 aliphatic heterocycles. The number of rotatable bonds is 9. The highest BCUT2D eigenvalue weighted by atomic mass is 35.5. The molecule has 0 saturated heterocycles. The Morgan fingerprint density at radius 2 is 1.77 bits per heavy atom. The molecule has 1 N–H and O–H groups in total. The second-order valence-corrected chi connectivity index (χ2v) is 7.33. The average Bonchev–Trinajstić information content (AvgIpc) is 2.76. The van der Waals surface area contributed by atoms with Crippen LogP contribution in [0.25, 0.3) is 22.4 Å². The Balaban J connectivity index is 2.03. The van der Waals surface area contributed by atoms with Crippen molar-refractivity contribution < 1.29 is 19.4 Å². The zero-order chi connectivity index (χ0) is 21.5. The number of benzene rings is 2. The first-order valence-corrected chi connectivity index (χ1v) is 10.1. The third-order valence-electron chi connectivity index (χ3n) is 4.88. The lowest BCUT2D eigenvalue weighted by molar-refractivity contribution is 0.0697. The number of hydrogen-bond donors (Lipinski definition) is 1. The molecule has 156 valence electrons. The predicted molar refractivity (Wildman–Crippen MR) is 118 cm³/mol. The van der Waals surface area contributed by atoms with Crippen molar-refractivity contribution in [3.05, 3.63) is 70.9 Å². The van der Waals surface area contributed by atoms with Crippen molar-refractivity contribution in [2.24, 2.45) is 0 Å². The predicted octanol–water partition coefficient (Wildman–Crippen LogP) is 5.74. The maximum atomic E-state index is 11.3. The van der Waals surface area contributed by atoms with Crippen molar-refractivity contribution in [2.45, 2.75) is 19.3 Å². The topological polar surface area (TPSA) is 68.7 Å². The third kappa shape index (κ3) is 5.17. The molecule has 1 aromatic heterocycles. The van der Waals surface area contributed by atoms with Gasteiger partial charge in [0.25, 0.3) is 0 Å². The standard InChI is InChI=1S/C24H24ClNO4/c1-29-12-4-3-5-16-13-21(18-8-11-20(24(27)28)22(25)14-18)23(26-15-16)17-6-9-19(30-2)10-7-17/h6-11,13-15H,3-5,12H2,1-2H3,(H,27,28). The number of carboxylic acids is 1. The zero-order valence-corrected chi connectivity index (χ0v) is 17.8. The fraction of sp³-hybridized carbons (Fsp3) is 0.250. The van der Waals surface area contributed by atoms with Crippen molar-refractivity contribution in [1.82, 2.24) is 4.98 Å². The largest absolute Gasteiger partial charge is 0.497 e. The molecule has 0 fully saturated rings. The van der Waals surface area contributed by atoms with E-state index in [4.69, 9.17) is 26.1 Å². The van der Waals surface area contributed by atoms with E-state index in [-0.39, 0.29) is 10.6 Å². The van der Waals surface area contributed by atoms with Crippen LogP contribution in [0.4, 0.5) is 0 Å². The second kappa shape index (κ2) is 10.2. The molecule has 0 spiro atoms. The fourth-order valence-corrected chi connectivity index (χ4v) is 3.54. The quantitative estimate of drug-likeness (QED) is 0.442. The fourth-order valence-electron chi connectivity index (χ4n) is 3.28. The van der Waals surface area contributed by atoms with Gasteiger partial charge in [0.1, 0.15) is 5.75 Å². The number of aromatic carboxylic acids is 1. The average molecular weight is 426 g/mol. The van der Waals surface area contributed by atoms with Crippen LogP contribution in [0.15, 0.2) is 54.7 Å². The molecule has 0 aliphatic rings. The molecular formula is C24H24ClNO4. The Morgan fingerprint density at radius 3 is 2.40 bits per heavy atom. The van der Waals surface area contributed by atoms with Crippen LogP contribution < -0.4 is 4.74 Å². The maximum absolute atomic E-state index is 11.3. The van der Waals surface area contributed by atoms with Crippen LogP contribution in [-0.2, 0) is 11.2 Å². The van der Waals surface area contributed by atoms with Crippen LogP contribution in [0.1, 0.15) is 28.8 Å². The van der Waals surface area contributed by atoms with E-state index in [2.05, 4.69) is 6.07 Å². The summed E-state index contributed by atoms with van der Waals surface area (Å²) in [5.74, 6) is -0.282. The summed E-state index contributed by atoms with van der Waals surface area (Å²) in [4.78, 5) is 16.1. The van der Waals surface area contributed by atoms with Gasteiger partial charge in [-0.25, -0.2) is 4.79 Å². The lowest BCUT2D eigenvalue weighted by Gasteiger charge is -2.13. The molecule has 0 aliphatic carbocycles. The number of aromatic nitrogens is 1. The van der Waals surface area contributed by atoms with E-state index in [0.29, 0.717) is 0 Å². The molecule has 0 bridgehead atoms. The highest BCUT2D eigenvalue weighted by molar-refractivity contribution is 6.33. The number of carbonyl (C=O) groups is 1. The first-order valence-electron chi connectivity index (χ1n) is 9.69. The molecule has 3 rings (SSSR count). The molecule has 0 amide bonds. The highest BCUT2D eigenvalue weighted by Gasteiger charge is 2.14. The minimum absolute atomic E-state index is 0.0788. The summed E-state index contributed by atoms with van der Waals surface area (Å²) in [6.07, 6.45) is 4.75. The van der Waals surface area contributed by atoms with Crippen LogP contribution in [0.5, 0.6) is 5.75 Å². The smallest absolute Gasteiger partial charge is 0.337 e. The van der Waals surface area contributed by atoms with E-state index >= 15 is 0 Å². The normalized spacial score (nSPS) is 10.8. The van der Waals surface area contributed by atoms with Crippen molar-refractivity contribution in [1.29, 1.82) is 0 Å². The number of pyridine rings is 1. The summed E-state index contributed by atoms with van der Waals surface area (Å²) in [5.41, 5.74) is 4.66. The number of ether oxygens (including phenoxy) is 2. The number of unbranched alkanes of at least 4 members (excludes halogenated alkanes) is 1. The summed E-state index contributed by atoms with van der Waals surface area (Å²) in [6, 6.07) is 14.8. The molecule has 30 heavy (non-hydrogen) atoms. The minimum atomic E-state index is -1.05. The van der Waals surface area contributed by atoms with Crippen LogP contribution in [0, 0.1) is 0 Å². The third-order valence-corrected chi connectivity index (χ3v) is 5.19. The number of methoxy groups -OCH3 is 2. The number of aryl methyl sites for hydroxylation is 1. The van der Waals surface area contributed by atoms with Gasteiger partial charge in [0, 0.05) is 31.0 Å². The van der Waals surface area contributed by atoms with E-state index in [0.717, 1.165) is 59.6 Å². The van der Waals surface area contributed by atoms with Gasteiger partial charge in [-0.05, 0) is 72.9 Å². The Morgan fingerprint density at radius 1 is 1.03 bits per heavy atom. The number of hydrogen-bond acceptors (Lipinski definition) is 4. The van der Waals surface area contributed by atoms with Crippen molar-refractivity contribution in [2.75, 3.05) is 20.8 Å². The number of halogens is 1. The van der Waals surface area contributed by atoms with Gasteiger partial charge in [-0.3, -0.25) is 4.98 Å². The van der Waals surface area contributed by atoms with Crippen molar-refractivity contribution in [3.8, 4) is 28.1 Å². The Kier molecular flexibility index (Phi) is 7.44. The lowest BCUT2D eigenvalue weighted by Crippen LogP contribution is -1.99. The van der Waals surface area contributed by atoms with Gasteiger partial charge in [0.2, 0.25) is 0 Å². The van der Waals surface area contributed by atoms with Crippen LogP contribution in [0.3, 0.4) is 0 Å². The first kappa shape index (κ1) is 21.8. The highest BCUT2D eigenvalue weighted by Crippen LogP contribution is 2.34. The molecular weight excluding hydrogens is 402 g/mol. The number of nitrogens with zero attached hydrogens (tertiary/aromatic N) is 1. The van der Waals surface area contributed by atoms with Crippen molar-refractivity contribution in [3.63, 3.8) is 0 Å². The molecule has 0 unspecified atom stereocenters. The summed E-state index contributed by atoms with van der Waals surface area (Å²) >= 11 is 6.24. The summed E-state index contributed by atoms with van der Waals surface area (Å²) in [5, 5.41) is 9.48. The van der Waals surface area contributed by atoms with Gasteiger partial charge >= 0.3 is 5.97 Å². The molecule has 3 aromatic rings. The minimum Gasteiger partial charge on any atom is -0.497 e. The van der Waals surface area contributed by atoms with E-state index in [1.807, 2.05) is 30.5 Å². The van der Waals surface area contributed by atoms with Crippen molar-refractivity contribution >= 4 is 17.6 Å². The molecule has 0 saturated carbocycles. The zero-order valence-electron chi connectivity index (χ0n) is 17.0. The Hall–Kier alpha value is -2.89. The SMILES string of the molecule is COCCCCc1cnc(-c2ccc(OC)cc2)c(-c2ccc(C(=O)O)c(Cl)c2)c1. The first-order chi connectivity index (χ1) is 14.5. The Labute approximate surface area is 181 Å². The summed E-state index contributed by atoms with van der Waals surface area (Å²) in [6.45, 7) is 0.733. The number of carboxylic acid groups (broad SMARTS) is 1. The van der Waals surface area contributed by atoms with E-state index in [9.17, 15) is 9.90 Å². The molecule has 1 heterocycles. The molecule has 2 aromatic carbocycles. The molecule has 5 nitrogen and oxygen atoms in total. The van der Waals surface area contributed by atoms with Crippen LogP contribution in [-0.4, -0.2) is 36.9 Å².